The van der Waals surface area contributed by atoms with E-state index in [-0.39, 0.29) is 19.2 Å². The topological polar surface area (TPSA) is 84.9 Å². The Balaban J connectivity index is 2.03. The van der Waals surface area contributed by atoms with Gasteiger partial charge in [-0.1, -0.05) is 0 Å². The SMILES string of the molecule is CC(C)(CNC(=O)c1ccc2c(c1)OCO2)C(=O)O. The minimum Gasteiger partial charge on any atom is -0.481 e. The van der Waals surface area contributed by atoms with E-state index in [9.17, 15) is 9.59 Å². The highest BCUT2D eigenvalue weighted by molar-refractivity contribution is 5.95. The van der Waals surface area contributed by atoms with Crippen molar-refractivity contribution in [3.8, 4) is 11.5 Å². The first-order chi connectivity index (χ1) is 8.90. The number of aliphatic carboxylic acids is 1. The highest BCUT2D eigenvalue weighted by Crippen LogP contribution is 2.32. The molecule has 0 aliphatic carbocycles. The highest BCUT2D eigenvalue weighted by atomic mass is 16.7. The maximum atomic E-state index is 11.9. The molecular formula is C13H15NO5. The van der Waals surface area contributed by atoms with Crippen LogP contribution < -0.4 is 14.8 Å². The molecule has 0 bridgehead atoms. The molecule has 0 saturated carbocycles. The number of carboxylic acids is 1. The van der Waals surface area contributed by atoms with E-state index in [1.165, 1.54) is 0 Å². The highest BCUT2D eigenvalue weighted by Gasteiger charge is 2.28. The normalized spacial score (nSPS) is 13.2. The predicted octanol–water partition coefficient (Wildman–Crippen LogP) is 1.26. The zero-order chi connectivity index (χ0) is 14.0. The van der Waals surface area contributed by atoms with E-state index in [1.807, 2.05) is 0 Å². The maximum absolute atomic E-state index is 11.9. The van der Waals surface area contributed by atoms with Gasteiger partial charge in [-0.2, -0.15) is 0 Å². The average molecular weight is 265 g/mol. The summed E-state index contributed by atoms with van der Waals surface area (Å²) >= 11 is 0. The van der Waals surface area contributed by atoms with Gasteiger partial charge in [0.05, 0.1) is 5.41 Å². The van der Waals surface area contributed by atoms with Gasteiger partial charge in [-0.3, -0.25) is 9.59 Å². The van der Waals surface area contributed by atoms with Crippen molar-refractivity contribution in [2.24, 2.45) is 5.41 Å². The lowest BCUT2D eigenvalue weighted by Crippen LogP contribution is -2.38. The maximum Gasteiger partial charge on any atom is 0.310 e. The van der Waals surface area contributed by atoms with Crippen LogP contribution in [-0.4, -0.2) is 30.3 Å². The summed E-state index contributed by atoms with van der Waals surface area (Å²) < 4.78 is 10.3. The molecule has 102 valence electrons. The Morgan fingerprint density at radius 1 is 1.32 bits per heavy atom. The van der Waals surface area contributed by atoms with Gasteiger partial charge in [0.25, 0.3) is 5.91 Å². The molecule has 1 aliphatic heterocycles. The molecule has 0 radical (unpaired) electrons. The van der Waals surface area contributed by atoms with Gasteiger partial charge in [0, 0.05) is 12.1 Å². The van der Waals surface area contributed by atoms with E-state index in [0.29, 0.717) is 17.1 Å². The number of fused-ring (bicyclic) bond motifs is 1. The van der Waals surface area contributed by atoms with Gasteiger partial charge >= 0.3 is 5.97 Å². The van der Waals surface area contributed by atoms with Crippen LogP contribution in [-0.2, 0) is 4.79 Å². The summed E-state index contributed by atoms with van der Waals surface area (Å²) in [6, 6.07) is 4.83. The van der Waals surface area contributed by atoms with Crippen LogP contribution in [0.1, 0.15) is 24.2 Å². The number of nitrogens with one attached hydrogen (secondary N) is 1. The van der Waals surface area contributed by atoms with Crippen LogP contribution in [0.3, 0.4) is 0 Å². The number of amides is 1. The molecule has 0 saturated heterocycles. The predicted molar refractivity (Wildman–Crippen MR) is 66.3 cm³/mol. The van der Waals surface area contributed by atoms with E-state index >= 15 is 0 Å². The number of carbonyl (C=O) groups excluding carboxylic acids is 1. The molecule has 0 aromatic heterocycles. The lowest BCUT2D eigenvalue weighted by molar-refractivity contribution is -0.146. The fraction of sp³-hybridized carbons (Fsp3) is 0.385. The molecule has 1 aliphatic rings. The first kappa shape index (κ1) is 13.2. The Bertz CT molecular complexity index is 524. The van der Waals surface area contributed by atoms with Crippen molar-refractivity contribution in [1.29, 1.82) is 0 Å². The number of benzene rings is 1. The third kappa shape index (κ3) is 2.78. The van der Waals surface area contributed by atoms with Crippen LogP contribution in [0.2, 0.25) is 0 Å². The van der Waals surface area contributed by atoms with E-state index in [0.717, 1.165) is 0 Å². The standard InChI is InChI=1S/C13H15NO5/c1-13(2,12(16)17)6-14-11(15)8-3-4-9-10(5-8)19-7-18-9/h3-5H,6-7H2,1-2H3,(H,14,15)(H,16,17). The van der Waals surface area contributed by atoms with Gasteiger partial charge in [-0.15, -0.1) is 0 Å². The Morgan fingerprint density at radius 2 is 2.00 bits per heavy atom. The fourth-order valence-electron chi connectivity index (χ4n) is 1.52. The Morgan fingerprint density at radius 3 is 2.68 bits per heavy atom. The quantitative estimate of drug-likeness (QED) is 0.856. The van der Waals surface area contributed by atoms with Crippen LogP contribution in [0.15, 0.2) is 18.2 Å². The van der Waals surface area contributed by atoms with Crippen molar-refractivity contribution in [2.75, 3.05) is 13.3 Å². The third-order valence-corrected chi connectivity index (χ3v) is 2.90. The number of hydrogen-bond acceptors (Lipinski definition) is 4. The van der Waals surface area contributed by atoms with Crippen molar-refractivity contribution in [3.05, 3.63) is 23.8 Å². The third-order valence-electron chi connectivity index (χ3n) is 2.90. The molecule has 1 amide bonds. The van der Waals surface area contributed by atoms with E-state index in [4.69, 9.17) is 14.6 Å². The van der Waals surface area contributed by atoms with Crippen LogP contribution in [0.5, 0.6) is 11.5 Å². The van der Waals surface area contributed by atoms with Crippen LogP contribution in [0.25, 0.3) is 0 Å². The van der Waals surface area contributed by atoms with Crippen molar-refractivity contribution < 1.29 is 24.2 Å². The minimum absolute atomic E-state index is 0.0512. The number of rotatable bonds is 4. The number of ether oxygens (including phenoxy) is 2. The number of hydrogen-bond donors (Lipinski definition) is 2. The lowest BCUT2D eigenvalue weighted by atomic mass is 9.94. The summed E-state index contributed by atoms with van der Waals surface area (Å²) in [5, 5.41) is 11.6. The van der Waals surface area contributed by atoms with Gasteiger partial charge in [0.1, 0.15) is 0 Å². The molecule has 1 aromatic carbocycles. The minimum atomic E-state index is -1.01. The molecule has 2 rings (SSSR count). The molecule has 1 aromatic rings. The molecule has 0 spiro atoms. The Hall–Kier alpha value is -2.24. The van der Waals surface area contributed by atoms with E-state index < -0.39 is 11.4 Å². The van der Waals surface area contributed by atoms with Gasteiger partial charge in [0.15, 0.2) is 11.5 Å². The van der Waals surface area contributed by atoms with Crippen molar-refractivity contribution in [3.63, 3.8) is 0 Å². The van der Waals surface area contributed by atoms with Gasteiger partial charge in [-0.05, 0) is 32.0 Å². The molecule has 0 atom stereocenters. The molecule has 1 heterocycles. The molecule has 6 heteroatoms. The summed E-state index contributed by atoms with van der Waals surface area (Å²) in [6.45, 7) is 3.30. The summed E-state index contributed by atoms with van der Waals surface area (Å²) in [5.41, 5.74) is -0.600. The van der Waals surface area contributed by atoms with Crippen molar-refractivity contribution in [2.45, 2.75) is 13.8 Å². The Labute approximate surface area is 110 Å². The second-order valence-electron chi connectivity index (χ2n) is 4.94. The van der Waals surface area contributed by atoms with Gasteiger partial charge in [0.2, 0.25) is 6.79 Å². The van der Waals surface area contributed by atoms with E-state index in [2.05, 4.69) is 5.32 Å². The lowest BCUT2D eigenvalue weighted by Gasteiger charge is -2.19. The summed E-state index contributed by atoms with van der Waals surface area (Å²) in [7, 11) is 0. The Kier molecular flexibility index (Phi) is 3.33. The average Bonchev–Trinajstić information content (AvgIpc) is 2.82. The second-order valence-corrected chi connectivity index (χ2v) is 4.94. The molecule has 0 unspecified atom stereocenters. The molecule has 19 heavy (non-hydrogen) atoms. The van der Waals surface area contributed by atoms with Crippen molar-refractivity contribution >= 4 is 11.9 Å². The number of carboxylic acid groups (broad SMARTS) is 1. The number of carbonyl (C=O) groups is 2. The van der Waals surface area contributed by atoms with Crippen LogP contribution in [0.4, 0.5) is 0 Å². The first-order valence-electron chi connectivity index (χ1n) is 5.81. The largest absolute Gasteiger partial charge is 0.481 e. The van der Waals surface area contributed by atoms with Crippen LogP contribution in [0, 0.1) is 5.41 Å². The molecule has 2 N–H and O–H groups in total. The second kappa shape index (κ2) is 4.79. The zero-order valence-electron chi connectivity index (χ0n) is 10.7. The summed E-state index contributed by atoms with van der Waals surface area (Å²) in [5.74, 6) is -0.182. The monoisotopic (exact) mass is 265 g/mol. The zero-order valence-corrected chi connectivity index (χ0v) is 10.7. The molecule has 6 nitrogen and oxygen atoms in total. The van der Waals surface area contributed by atoms with Gasteiger partial charge < -0.3 is 19.9 Å². The molecular weight excluding hydrogens is 250 g/mol. The first-order valence-corrected chi connectivity index (χ1v) is 5.81. The summed E-state index contributed by atoms with van der Waals surface area (Å²) in [6.07, 6.45) is 0. The van der Waals surface area contributed by atoms with E-state index in [1.54, 1.807) is 32.0 Å². The van der Waals surface area contributed by atoms with Gasteiger partial charge in [-0.25, -0.2) is 0 Å². The smallest absolute Gasteiger partial charge is 0.310 e. The summed E-state index contributed by atoms with van der Waals surface area (Å²) in [4.78, 5) is 22.8. The van der Waals surface area contributed by atoms with Crippen LogP contribution >= 0.6 is 0 Å². The van der Waals surface area contributed by atoms with Crippen molar-refractivity contribution in [1.82, 2.24) is 5.32 Å². The fourth-order valence-corrected chi connectivity index (χ4v) is 1.52. The molecule has 0 fully saturated rings.